The van der Waals surface area contributed by atoms with E-state index in [2.05, 4.69) is 20.8 Å². The van der Waals surface area contributed by atoms with Crippen molar-refractivity contribution in [2.75, 3.05) is 10.6 Å². The van der Waals surface area contributed by atoms with E-state index in [0.717, 1.165) is 16.8 Å². The molecule has 0 radical (unpaired) electrons. The molecule has 0 saturated heterocycles. The molecule has 2 aromatic carbocycles. The number of hydrogen-bond donors (Lipinski definition) is 2. The molecule has 1 heterocycles. The number of anilines is 3. The first-order valence-corrected chi connectivity index (χ1v) is 8.22. The Balaban J connectivity index is 1.62. The van der Waals surface area contributed by atoms with Crippen molar-refractivity contribution in [3.63, 3.8) is 0 Å². The molecule has 26 heavy (non-hydrogen) atoms. The first kappa shape index (κ1) is 17.5. The Hall–Kier alpha value is -3.28. The number of hydrogen-bond acceptors (Lipinski definition) is 4. The van der Waals surface area contributed by atoms with Crippen LogP contribution in [0.15, 0.2) is 54.6 Å². The van der Waals surface area contributed by atoms with Crippen molar-refractivity contribution in [1.82, 2.24) is 10.2 Å². The summed E-state index contributed by atoms with van der Waals surface area (Å²) >= 11 is 0. The number of rotatable bonds is 5. The first-order valence-electron chi connectivity index (χ1n) is 8.22. The Kier molecular flexibility index (Phi) is 5.22. The summed E-state index contributed by atoms with van der Waals surface area (Å²) < 4.78 is 13.2. The maximum absolute atomic E-state index is 13.2. The topological polar surface area (TPSA) is 66.9 Å². The zero-order valence-electron chi connectivity index (χ0n) is 14.6. The van der Waals surface area contributed by atoms with Crippen LogP contribution in [0.2, 0.25) is 0 Å². The molecule has 0 aliphatic heterocycles. The van der Waals surface area contributed by atoms with Crippen molar-refractivity contribution in [1.29, 1.82) is 0 Å². The van der Waals surface area contributed by atoms with Crippen LogP contribution in [0, 0.1) is 19.7 Å². The molecule has 0 unspecified atom stereocenters. The highest BCUT2D eigenvalue weighted by atomic mass is 19.1. The summed E-state index contributed by atoms with van der Waals surface area (Å²) in [5.74, 6) is 0.289. The molecule has 0 saturated carbocycles. The molecule has 0 bridgehead atoms. The van der Waals surface area contributed by atoms with Gasteiger partial charge >= 0.3 is 0 Å². The summed E-state index contributed by atoms with van der Waals surface area (Å²) in [6.45, 7) is 4.03. The molecule has 1 amide bonds. The van der Waals surface area contributed by atoms with E-state index in [0.29, 0.717) is 17.2 Å². The second kappa shape index (κ2) is 7.74. The number of benzene rings is 2. The molecular formula is C20H19FN4O. The summed E-state index contributed by atoms with van der Waals surface area (Å²) in [6, 6.07) is 15.5. The Bertz CT molecular complexity index is 925. The molecule has 6 heteroatoms. The zero-order valence-corrected chi connectivity index (χ0v) is 14.6. The van der Waals surface area contributed by atoms with E-state index in [1.807, 2.05) is 32.0 Å². The number of carbonyl (C=O) groups excluding carboxylic acids is 1. The van der Waals surface area contributed by atoms with Crippen LogP contribution in [0.4, 0.5) is 21.7 Å². The normalized spacial score (nSPS) is 10.4. The number of nitrogens with zero attached hydrogens (tertiary/aromatic N) is 2. The van der Waals surface area contributed by atoms with Gasteiger partial charge in [-0.3, -0.25) is 4.79 Å². The fraction of sp³-hybridized carbons (Fsp3) is 0.150. The van der Waals surface area contributed by atoms with Crippen LogP contribution in [0.25, 0.3) is 0 Å². The van der Waals surface area contributed by atoms with Gasteiger partial charge in [-0.05, 0) is 60.9 Å². The number of carbonyl (C=O) groups is 1. The van der Waals surface area contributed by atoms with E-state index in [-0.39, 0.29) is 18.1 Å². The predicted octanol–water partition coefficient (Wildman–Crippen LogP) is 4.16. The van der Waals surface area contributed by atoms with Gasteiger partial charge in [0.1, 0.15) is 5.82 Å². The lowest BCUT2D eigenvalue weighted by Crippen LogP contribution is -2.15. The molecule has 0 aliphatic rings. The summed E-state index contributed by atoms with van der Waals surface area (Å²) in [5, 5.41) is 14.0. The van der Waals surface area contributed by atoms with E-state index in [1.54, 1.807) is 24.3 Å². The van der Waals surface area contributed by atoms with Gasteiger partial charge < -0.3 is 10.6 Å². The lowest BCUT2D eigenvalue weighted by atomic mass is 10.1. The van der Waals surface area contributed by atoms with Crippen LogP contribution >= 0.6 is 0 Å². The Morgan fingerprint density at radius 3 is 2.50 bits per heavy atom. The fourth-order valence-corrected chi connectivity index (χ4v) is 2.49. The van der Waals surface area contributed by atoms with Crippen molar-refractivity contribution in [2.45, 2.75) is 20.3 Å². The Morgan fingerprint density at radius 2 is 1.77 bits per heavy atom. The summed E-state index contributed by atoms with van der Waals surface area (Å²) in [6.07, 6.45) is 0.0714. The van der Waals surface area contributed by atoms with Crippen molar-refractivity contribution in [3.8, 4) is 0 Å². The van der Waals surface area contributed by atoms with E-state index in [1.165, 1.54) is 12.1 Å². The molecule has 3 aromatic rings. The molecule has 0 aliphatic carbocycles. The molecule has 3 rings (SSSR count). The van der Waals surface area contributed by atoms with Crippen LogP contribution in [-0.4, -0.2) is 16.1 Å². The highest BCUT2D eigenvalue weighted by molar-refractivity contribution is 5.91. The molecule has 5 nitrogen and oxygen atoms in total. The molecule has 1 aromatic heterocycles. The van der Waals surface area contributed by atoms with E-state index in [9.17, 15) is 9.18 Å². The molecule has 0 spiro atoms. The van der Waals surface area contributed by atoms with Gasteiger partial charge in [0.05, 0.1) is 6.42 Å². The van der Waals surface area contributed by atoms with Crippen LogP contribution in [-0.2, 0) is 11.2 Å². The summed E-state index contributed by atoms with van der Waals surface area (Å²) in [7, 11) is 0. The SMILES string of the molecule is Cc1ccc(C)c(Nc2ccc(NC(=O)Cc3cccc(F)c3)nn2)c1. The van der Waals surface area contributed by atoms with Crippen molar-refractivity contribution >= 4 is 23.2 Å². The largest absolute Gasteiger partial charge is 0.339 e. The summed E-state index contributed by atoms with van der Waals surface area (Å²) in [5.41, 5.74) is 3.81. The average Bonchev–Trinajstić information content (AvgIpc) is 2.60. The molecular weight excluding hydrogens is 331 g/mol. The third-order valence-electron chi connectivity index (χ3n) is 3.84. The average molecular weight is 350 g/mol. The van der Waals surface area contributed by atoms with Gasteiger partial charge in [0.15, 0.2) is 11.6 Å². The second-order valence-electron chi connectivity index (χ2n) is 6.10. The monoisotopic (exact) mass is 350 g/mol. The van der Waals surface area contributed by atoms with E-state index >= 15 is 0 Å². The standard InChI is InChI=1S/C20H19FN4O/c1-13-6-7-14(2)17(10-13)22-18-8-9-19(25-24-18)23-20(26)12-15-4-3-5-16(21)11-15/h3-11H,12H2,1-2H3,(H,22,24)(H,23,25,26). The predicted molar refractivity (Wildman–Crippen MR) is 100.0 cm³/mol. The van der Waals surface area contributed by atoms with Gasteiger partial charge in [0, 0.05) is 5.69 Å². The minimum absolute atomic E-state index is 0.0714. The Morgan fingerprint density at radius 1 is 1.00 bits per heavy atom. The van der Waals surface area contributed by atoms with Crippen molar-refractivity contribution in [3.05, 3.63) is 77.1 Å². The quantitative estimate of drug-likeness (QED) is 0.725. The second-order valence-corrected chi connectivity index (χ2v) is 6.10. The molecule has 0 fully saturated rings. The number of nitrogens with one attached hydrogen (secondary N) is 2. The summed E-state index contributed by atoms with van der Waals surface area (Å²) in [4.78, 5) is 12.0. The van der Waals surface area contributed by atoms with Gasteiger partial charge in [-0.25, -0.2) is 4.39 Å². The lowest BCUT2D eigenvalue weighted by Gasteiger charge is -2.10. The van der Waals surface area contributed by atoms with Gasteiger partial charge in [-0.2, -0.15) is 0 Å². The van der Waals surface area contributed by atoms with Gasteiger partial charge in [0.25, 0.3) is 0 Å². The van der Waals surface area contributed by atoms with Gasteiger partial charge in [0.2, 0.25) is 5.91 Å². The van der Waals surface area contributed by atoms with E-state index in [4.69, 9.17) is 0 Å². The van der Waals surface area contributed by atoms with Gasteiger partial charge in [-0.1, -0.05) is 24.3 Å². The zero-order chi connectivity index (χ0) is 18.5. The maximum atomic E-state index is 13.2. The third kappa shape index (κ3) is 4.63. The number of aromatic nitrogens is 2. The van der Waals surface area contributed by atoms with Crippen LogP contribution in [0.1, 0.15) is 16.7 Å². The van der Waals surface area contributed by atoms with Crippen LogP contribution < -0.4 is 10.6 Å². The fourth-order valence-electron chi connectivity index (χ4n) is 2.49. The maximum Gasteiger partial charge on any atom is 0.229 e. The molecule has 132 valence electrons. The van der Waals surface area contributed by atoms with Crippen LogP contribution in [0.3, 0.4) is 0 Å². The van der Waals surface area contributed by atoms with E-state index < -0.39 is 0 Å². The highest BCUT2D eigenvalue weighted by Gasteiger charge is 2.07. The number of aryl methyl sites for hydroxylation is 2. The lowest BCUT2D eigenvalue weighted by molar-refractivity contribution is -0.115. The third-order valence-corrected chi connectivity index (χ3v) is 3.84. The van der Waals surface area contributed by atoms with Gasteiger partial charge in [-0.15, -0.1) is 10.2 Å². The number of amides is 1. The number of halogens is 1. The smallest absolute Gasteiger partial charge is 0.229 e. The highest BCUT2D eigenvalue weighted by Crippen LogP contribution is 2.20. The minimum atomic E-state index is -0.364. The van der Waals surface area contributed by atoms with Crippen LogP contribution in [0.5, 0.6) is 0 Å². The molecule has 2 N–H and O–H groups in total. The molecule has 0 atom stereocenters. The first-order chi connectivity index (χ1) is 12.5. The minimum Gasteiger partial charge on any atom is -0.339 e. The van der Waals surface area contributed by atoms with Crippen molar-refractivity contribution in [2.24, 2.45) is 0 Å². The van der Waals surface area contributed by atoms with Crippen molar-refractivity contribution < 1.29 is 9.18 Å². The Labute approximate surface area is 151 Å².